The van der Waals surface area contributed by atoms with Gasteiger partial charge in [0.25, 0.3) is 0 Å². The standard InChI is InChI=1S/C12H10.Y/c1-3-7-11(8-4-1)12-9-5-2-6-10-12;/h1-9,11H;/q-2;. The fourth-order valence-corrected chi connectivity index (χ4v) is 1.32. The van der Waals surface area contributed by atoms with E-state index in [1.54, 1.807) is 0 Å². The molecule has 0 amide bonds. The Morgan fingerprint density at radius 3 is 2.77 bits per heavy atom. The molecule has 0 saturated heterocycles. The number of hydrogen-bond donors (Lipinski definition) is 0. The van der Waals surface area contributed by atoms with Crippen LogP contribution >= 0.6 is 0 Å². The minimum absolute atomic E-state index is 0. The Balaban J connectivity index is 0.000000845. The summed E-state index contributed by atoms with van der Waals surface area (Å²) in [5.74, 6) is 0.413. The Labute approximate surface area is 105 Å². The summed E-state index contributed by atoms with van der Waals surface area (Å²) in [6, 6.07) is 11.3. The van der Waals surface area contributed by atoms with Crippen molar-refractivity contribution in [1.29, 1.82) is 0 Å². The zero-order chi connectivity index (χ0) is 8.23. The molecule has 1 heteroatoms. The minimum Gasteiger partial charge on any atom is -0.227 e. The maximum absolute atomic E-state index is 3.22. The maximum atomic E-state index is 3.22. The molecule has 2 rings (SSSR count). The summed E-state index contributed by atoms with van der Waals surface area (Å²) < 4.78 is 0. The Morgan fingerprint density at radius 2 is 2.15 bits per heavy atom. The third kappa shape index (κ3) is 2.82. The fourth-order valence-electron chi connectivity index (χ4n) is 1.32. The van der Waals surface area contributed by atoms with Gasteiger partial charge in [0, 0.05) is 32.7 Å². The molecular weight excluding hydrogens is 233 g/mol. The van der Waals surface area contributed by atoms with Crippen LogP contribution in [-0.4, -0.2) is 0 Å². The molecule has 0 spiro atoms. The summed E-state index contributed by atoms with van der Waals surface area (Å²) in [4.78, 5) is 0. The number of benzene rings is 1. The van der Waals surface area contributed by atoms with Crippen LogP contribution in [0.3, 0.4) is 0 Å². The Kier molecular flexibility index (Phi) is 4.48. The van der Waals surface area contributed by atoms with Gasteiger partial charge in [0.2, 0.25) is 0 Å². The number of allylic oxidation sites excluding steroid dienone is 4. The van der Waals surface area contributed by atoms with Crippen molar-refractivity contribution in [1.82, 2.24) is 0 Å². The molecule has 13 heavy (non-hydrogen) atoms. The summed E-state index contributed by atoms with van der Waals surface area (Å²) in [6.45, 7) is 0. The molecule has 63 valence electrons. The van der Waals surface area contributed by atoms with E-state index >= 15 is 0 Å². The van der Waals surface area contributed by atoms with E-state index in [9.17, 15) is 0 Å². The summed E-state index contributed by atoms with van der Waals surface area (Å²) in [7, 11) is 0. The molecule has 1 aliphatic carbocycles. The molecule has 1 atom stereocenters. The summed E-state index contributed by atoms with van der Waals surface area (Å²) in [5.41, 5.74) is 1.23. The first kappa shape index (κ1) is 10.8. The Hall–Kier alpha value is -0.326. The summed E-state index contributed by atoms with van der Waals surface area (Å²) >= 11 is 0. The SMILES string of the molecule is [Y].[c-]1ccccc1C1C=CC=C[CH-]1. The smallest absolute Gasteiger partial charge is 0 e. The monoisotopic (exact) mass is 243 g/mol. The summed E-state index contributed by atoms with van der Waals surface area (Å²) in [6.07, 6.45) is 10.5. The molecule has 0 aromatic heterocycles. The number of rotatable bonds is 1. The van der Waals surface area contributed by atoms with E-state index in [0.717, 1.165) is 0 Å². The molecule has 1 aromatic rings. The normalized spacial score (nSPS) is 18.9. The first-order valence-electron chi connectivity index (χ1n) is 4.12. The molecule has 0 aliphatic heterocycles. The van der Waals surface area contributed by atoms with Crippen LogP contribution < -0.4 is 0 Å². The van der Waals surface area contributed by atoms with Gasteiger partial charge in [0.1, 0.15) is 0 Å². The van der Waals surface area contributed by atoms with Crippen molar-refractivity contribution >= 4 is 0 Å². The molecule has 1 aliphatic rings. The maximum Gasteiger partial charge on any atom is 0 e. The number of hydrogen-bond acceptors (Lipinski definition) is 0. The second-order valence-electron chi connectivity index (χ2n) is 2.81. The second-order valence-corrected chi connectivity index (χ2v) is 2.81. The van der Waals surface area contributed by atoms with Crippen LogP contribution in [0, 0.1) is 12.5 Å². The molecule has 0 nitrogen and oxygen atoms in total. The van der Waals surface area contributed by atoms with Crippen LogP contribution in [0.5, 0.6) is 0 Å². The van der Waals surface area contributed by atoms with Gasteiger partial charge in [0.15, 0.2) is 0 Å². The Morgan fingerprint density at radius 1 is 1.23 bits per heavy atom. The van der Waals surface area contributed by atoms with Gasteiger partial charge in [-0.3, -0.25) is 0 Å². The van der Waals surface area contributed by atoms with Crippen LogP contribution in [0.15, 0.2) is 48.6 Å². The van der Waals surface area contributed by atoms with Crippen molar-refractivity contribution in [3.63, 3.8) is 0 Å². The van der Waals surface area contributed by atoms with Gasteiger partial charge >= 0.3 is 0 Å². The van der Waals surface area contributed by atoms with Crippen molar-refractivity contribution in [3.05, 3.63) is 66.6 Å². The molecule has 0 heterocycles. The van der Waals surface area contributed by atoms with Gasteiger partial charge in [-0.1, -0.05) is 5.92 Å². The molecule has 0 fully saturated rings. The third-order valence-corrected chi connectivity index (χ3v) is 1.95. The molecule has 0 saturated carbocycles. The van der Waals surface area contributed by atoms with E-state index in [1.165, 1.54) is 5.56 Å². The minimum atomic E-state index is 0. The molecule has 0 bridgehead atoms. The van der Waals surface area contributed by atoms with E-state index in [-0.39, 0.29) is 32.7 Å². The molecule has 0 N–H and O–H groups in total. The van der Waals surface area contributed by atoms with Crippen LogP contribution in [0.2, 0.25) is 0 Å². The average Bonchev–Trinajstić information content (AvgIpc) is 2.21. The van der Waals surface area contributed by atoms with Crippen LogP contribution in [0.1, 0.15) is 11.5 Å². The van der Waals surface area contributed by atoms with E-state index in [1.807, 2.05) is 24.3 Å². The van der Waals surface area contributed by atoms with Crippen LogP contribution in [0.4, 0.5) is 0 Å². The molecule has 1 unspecified atom stereocenters. The van der Waals surface area contributed by atoms with E-state index < -0.39 is 0 Å². The largest absolute Gasteiger partial charge is 0.227 e. The zero-order valence-corrected chi connectivity index (χ0v) is 10.2. The van der Waals surface area contributed by atoms with Gasteiger partial charge < -0.3 is 0 Å². The zero-order valence-electron chi connectivity index (χ0n) is 7.35. The van der Waals surface area contributed by atoms with Crippen LogP contribution in [-0.2, 0) is 32.7 Å². The van der Waals surface area contributed by atoms with Crippen LogP contribution in [0.25, 0.3) is 0 Å². The Bertz CT molecular complexity index is 298. The van der Waals surface area contributed by atoms with Gasteiger partial charge in [-0.2, -0.15) is 35.9 Å². The van der Waals surface area contributed by atoms with Crippen molar-refractivity contribution in [2.45, 2.75) is 5.92 Å². The first-order chi connectivity index (χ1) is 5.97. The summed E-state index contributed by atoms with van der Waals surface area (Å²) in [5, 5.41) is 0. The van der Waals surface area contributed by atoms with Crippen molar-refractivity contribution in [2.75, 3.05) is 0 Å². The van der Waals surface area contributed by atoms with Crippen molar-refractivity contribution in [2.24, 2.45) is 0 Å². The molecule has 1 aromatic carbocycles. The van der Waals surface area contributed by atoms with Gasteiger partial charge in [-0.15, -0.1) is 12.2 Å². The van der Waals surface area contributed by atoms with Gasteiger partial charge in [-0.25, -0.2) is 18.6 Å². The quantitative estimate of drug-likeness (QED) is 0.665. The van der Waals surface area contributed by atoms with Crippen molar-refractivity contribution < 1.29 is 32.7 Å². The average molecular weight is 243 g/mol. The van der Waals surface area contributed by atoms with Gasteiger partial charge in [0.05, 0.1) is 0 Å². The topological polar surface area (TPSA) is 0 Å². The molecular formula is C12H10Y-2. The van der Waals surface area contributed by atoms with E-state index in [0.29, 0.717) is 5.92 Å². The predicted octanol–water partition coefficient (Wildman–Crippen LogP) is 2.90. The fraction of sp³-hybridized carbons (Fsp3) is 0.0833. The predicted molar refractivity (Wildman–Crippen MR) is 50.6 cm³/mol. The second kappa shape index (κ2) is 5.41. The first-order valence-corrected chi connectivity index (χ1v) is 4.12. The third-order valence-electron chi connectivity index (χ3n) is 1.95. The van der Waals surface area contributed by atoms with Gasteiger partial charge in [-0.05, 0) is 0 Å². The van der Waals surface area contributed by atoms with E-state index in [4.69, 9.17) is 0 Å². The van der Waals surface area contributed by atoms with Crippen molar-refractivity contribution in [3.8, 4) is 0 Å². The molecule has 1 radical (unpaired) electrons. The van der Waals surface area contributed by atoms with E-state index in [2.05, 4.69) is 36.8 Å².